The fourth-order valence-corrected chi connectivity index (χ4v) is 4.72. The minimum absolute atomic E-state index is 0.250. The summed E-state index contributed by atoms with van der Waals surface area (Å²) in [6, 6.07) is 10.8. The van der Waals surface area contributed by atoms with Gasteiger partial charge in [-0.1, -0.05) is 50.6 Å². The summed E-state index contributed by atoms with van der Waals surface area (Å²) in [5.41, 5.74) is 7.36. The normalized spacial score (nSPS) is 17.6. The van der Waals surface area contributed by atoms with Crippen molar-refractivity contribution in [2.45, 2.75) is 78.7 Å². The number of aromatic hydroxyl groups is 1. The number of benzene rings is 2. The molecule has 1 aliphatic carbocycles. The standard InChI is InChI=1S/C26H33NO2.C3H6/c1-5-19-14-24(28)25(21-8-6-7-18(4)13-21)26-23(19)15-27(16-29-26)22-11-9-20(10-12-22)17(2)3;1-3-2/h9-14,17,21,28H,5-8,15-16H2,1-4H3;3H,1H2,2H3. The van der Waals surface area contributed by atoms with Crippen LogP contribution in [0, 0.1) is 0 Å². The molecule has 1 unspecified atom stereocenters. The van der Waals surface area contributed by atoms with Crippen LogP contribution in [0.4, 0.5) is 5.69 Å². The lowest BCUT2D eigenvalue weighted by atomic mass is 9.83. The van der Waals surface area contributed by atoms with Crippen molar-refractivity contribution in [3.63, 3.8) is 0 Å². The topological polar surface area (TPSA) is 32.7 Å². The first-order chi connectivity index (χ1) is 15.4. The molecule has 0 spiro atoms. The van der Waals surface area contributed by atoms with Gasteiger partial charge in [-0.05, 0) is 74.8 Å². The largest absolute Gasteiger partial charge is 0.507 e. The van der Waals surface area contributed by atoms with E-state index in [1.807, 2.05) is 13.0 Å². The quantitative estimate of drug-likeness (QED) is 0.498. The van der Waals surface area contributed by atoms with Crippen LogP contribution in [-0.4, -0.2) is 11.8 Å². The Morgan fingerprint density at radius 3 is 2.53 bits per heavy atom. The summed E-state index contributed by atoms with van der Waals surface area (Å²) < 4.78 is 6.35. The molecule has 0 saturated carbocycles. The second-order valence-corrected chi connectivity index (χ2v) is 9.27. The van der Waals surface area contributed by atoms with Gasteiger partial charge in [-0.25, -0.2) is 0 Å². The van der Waals surface area contributed by atoms with Gasteiger partial charge in [0.2, 0.25) is 0 Å². The zero-order chi connectivity index (χ0) is 23.3. The summed E-state index contributed by atoms with van der Waals surface area (Å²) in [6.07, 6.45) is 8.37. The first-order valence-electron chi connectivity index (χ1n) is 12.0. The molecule has 2 aliphatic rings. The number of phenolic OH excluding ortho intramolecular Hbond substituents is 1. The molecule has 2 aromatic carbocycles. The van der Waals surface area contributed by atoms with E-state index in [0.717, 1.165) is 37.1 Å². The number of phenols is 1. The fourth-order valence-electron chi connectivity index (χ4n) is 4.72. The van der Waals surface area contributed by atoms with Crippen molar-refractivity contribution in [3.05, 3.63) is 76.9 Å². The Labute approximate surface area is 194 Å². The molecule has 32 heavy (non-hydrogen) atoms. The van der Waals surface area contributed by atoms with Gasteiger partial charge in [0, 0.05) is 22.7 Å². The van der Waals surface area contributed by atoms with Gasteiger partial charge in [-0.3, -0.25) is 0 Å². The van der Waals surface area contributed by atoms with Gasteiger partial charge in [-0.15, -0.1) is 6.58 Å². The zero-order valence-electron chi connectivity index (χ0n) is 20.4. The molecule has 0 fully saturated rings. The van der Waals surface area contributed by atoms with Crippen LogP contribution in [0.5, 0.6) is 11.5 Å². The summed E-state index contributed by atoms with van der Waals surface area (Å²) in [6.45, 7) is 15.4. The average molecular weight is 434 g/mol. The van der Waals surface area contributed by atoms with E-state index in [4.69, 9.17) is 4.74 Å². The molecular formula is C29H39NO2. The predicted molar refractivity (Wildman–Crippen MR) is 136 cm³/mol. The lowest BCUT2D eigenvalue weighted by Gasteiger charge is -2.35. The molecule has 4 rings (SSSR count). The first-order valence-corrected chi connectivity index (χ1v) is 12.0. The van der Waals surface area contributed by atoms with Crippen molar-refractivity contribution in [1.29, 1.82) is 0 Å². The van der Waals surface area contributed by atoms with Crippen LogP contribution in [0.1, 0.15) is 88.0 Å². The van der Waals surface area contributed by atoms with Gasteiger partial charge < -0.3 is 14.7 Å². The molecule has 172 valence electrons. The monoisotopic (exact) mass is 433 g/mol. The molecule has 0 bridgehead atoms. The molecule has 1 heterocycles. The van der Waals surface area contributed by atoms with Crippen molar-refractivity contribution in [2.24, 2.45) is 0 Å². The number of nitrogens with zero attached hydrogens (tertiary/aromatic N) is 1. The summed E-state index contributed by atoms with van der Waals surface area (Å²) in [5.74, 6) is 2.10. The van der Waals surface area contributed by atoms with Crippen molar-refractivity contribution >= 4 is 5.69 Å². The molecule has 3 nitrogen and oxygen atoms in total. The number of hydrogen-bond acceptors (Lipinski definition) is 3. The molecule has 0 aromatic heterocycles. The Kier molecular flexibility index (Phi) is 8.06. The maximum Gasteiger partial charge on any atom is 0.161 e. The van der Waals surface area contributed by atoms with E-state index >= 15 is 0 Å². The molecule has 0 radical (unpaired) electrons. The smallest absolute Gasteiger partial charge is 0.161 e. The molecule has 1 aliphatic heterocycles. The Bertz CT molecular complexity index is 956. The average Bonchev–Trinajstić information content (AvgIpc) is 2.79. The van der Waals surface area contributed by atoms with E-state index in [-0.39, 0.29) is 5.92 Å². The number of allylic oxidation sites excluding steroid dienone is 3. The zero-order valence-corrected chi connectivity index (χ0v) is 20.4. The number of fused-ring (bicyclic) bond motifs is 1. The van der Waals surface area contributed by atoms with E-state index in [0.29, 0.717) is 18.4 Å². The van der Waals surface area contributed by atoms with Crippen molar-refractivity contribution < 1.29 is 9.84 Å². The third kappa shape index (κ3) is 5.20. The van der Waals surface area contributed by atoms with Crippen molar-refractivity contribution in [1.82, 2.24) is 0 Å². The fraction of sp³-hybridized carbons (Fsp3) is 0.448. The Morgan fingerprint density at radius 1 is 1.25 bits per heavy atom. The highest BCUT2D eigenvalue weighted by molar-refractivity contribution is 5.60. The molecular weight excluding hydrogens is 394 g/mol. The van der Waals surface area contributed by atoms with E-state index in [1.165, 1.54) is 34.4 Å². The van der Waals surface area contributed by atoms with Gasteiger partial charge in [0.25, 0.3) is 0 Å². The predicted octanol–water partition coefficient (Wildman–Crippen LogP) is 7.84. The third-order valence-electron chi connectivity index (χ3n) is 6.46. The maximum absolute atomic E-state index is 10.9. The van der Waals surface area contributed by atoms with Crippen LogP contribution in [0.2, 0.25) is 0 Å². The number of anilines is 1. The van der Waals surface area contributed by atoms with E-state index in [9.17, 15) is 5.11 Å². The van der Waals surface area contributed by atoms with Gasteiger partial charge in [0.05, 0.1) is 6.54 Å². The summed E-state index contributed by atoms with van der Waals surface area (Å²) in [5, 5.41) is 10.9. The van der Waals surface area contributed by atoms with Gasteiger partial charge in [0.1, 0.15) is 11.5 Å². The molecule has 1 atom stereocenters. The van der Waals surface area contributed by atoms with Crippen LogP contribution in [-0.2, 0) is 13.0 Å². The minimum atomic E-state index is 0.250. The van der Waals surface area contributed by atoms with Gasteiger partial charge in [-0.2, -0.15) is 0 Å². The molecule has 0 saturated heterocycles. The Morgan fingerprint density at radius 2 is 1.94 bits per heavy atom. The highest BCUT2D eigenvalue weighted by Gasteiger charge is 2.29. The molecule has 3 heteroatoms. The SMILES string of the molecule is C=CC.CCc1cc(O)c(C2C=C(C)CCC2)c2c1CN(c1ccc(C(C)C)cc1)CO2. The minimum Gasteiger partial charge on any atom is -0.507 e. The van der Waals surface area contributed by atoms with Crippen LogP contribution in [0.3, 0.4) is 0 Å². The van der Waals surface area contributed by atoms with Crippen LogP contribution < -0.4 is 9.64 Å². The van der Waals surface area contributed by atoms with E-state index in [1.54, 1.807) is 6.08 Å². The van der Waals surface area contributed by atoms with E-state index < -0.39 is 0 Å². The Hall–Kier alpha value is -2.68. The summed E-state index contributed by atoms with van der Waals surface area (Å²) in [4.78, 5) is 2.29. The maximum atomic E-state index is 10.9. The lowest BCUT2D eigenvalue weighted by Crippen LogP contribution is -2.33. The summed E-state index contributed by atoms with van der Waals surface area (Å²) in [7, 11) is 0. The highest BCUT2D eigenvalue weighted by atomic mass is 16.5. The van der Waals surface area contributed by atoms with Crippen LogP contribution in [0.15, 0.2) is 54.6 Å². The number of aryl methyl sites for hydroxylation is 1. The van der Waals surface area contributed by atoms with Crippen LogP contribution >= 0.6 is 0 Å². The lowest BCUT2D eigenvalue weighted by molar-refractivity contribution is 0.281. The summed E-state index contributed by atoms with van der Waals surface area (Å²) >= 11 is 0. The van der Waals surface area contributed by atoms with Gasteiger partial charge in [0.15, 0.2) is 6.73 Å². The second kappa shape index (κ2) is 10.8. The number of rotatable bonds is 4. The van der Waals surface area contributed by atoms with Crippen molar-refractivity contribution in [2.75, 3.05) is 11.6 Å². The van der Waals surface area contributed by atoms with Crippen LogP contribution in [0.25, 0.3) is 0 Å². The molecule has 0 amide bonds. The highest BCUT2D eigenvalue weighted by Crippen LogP contribution is 2.46. The van der Waals surface area contributed by atoms with Crippen molar-refractivity contribution in [3.8, 4) is 11.5 Å². The Balaban J connectivity index is 0.000000913. The first kappa shape index (κ1) is 24.0. The van der Waals surface area contributed by atoms with Gasteiger partial charge >= 0.3 is 0 Å². The third-order valence-corrected chi connectivity index (χ3v) is 6.46. The number of ether oxygens (including phenoxy) is 1. The molecule has 2 aromatic rings. The van der Waals surface area contributed by atoms with E-state index in [2.05, 4.69) is 69.5 Å². The number of hydrogen-bond donors (Lipinski definition) is 1. The second-order valence-electron chi connectivity index (χ2n) is 9.27. The molecule has 1 N–H and O–H groups in total.